The largest absolute Gasteiger partial charge is 0.453 e. The van der Waals surface area contributed by atoms with Gasteiger partial charge in [0.15, 0.2) is 0 Å². The number of piperazine rings is 1. The number of aromatic nitrogens is 1. The highest BCUT2D eigenvalue weighted by molar-refractivity contribution is 5.95. The normalized spacial score (nSPS) is 18.6. The summed E-state index contributed by atoms with van der Waals surface area (Å²) in [5.41, 5.74) is 4.04. The van der Waals surface area contributed by atoms with E-state index in [1.54, 1.807) is 24.3 Å². The second-order valence-corrected chi connectivity index (χ2v) is 8.70. The molecule has 0 spiro atoms. The van der Waals surface area contributed by atoms with Crippen LogP contribution in [0.15, 0.2) is 36.5 Å². The van der Waals surface area contributed by atoms with Gasteiger partial charge in [-0.2, -0.15) is 0 Å². The summed E-state index contributed by atoms with van der Waals surface area (Å²) in [6.45, 7) is 2.95. The zero-order valence-electron chi connectivity index (χ0n) is 17.8. The van der Waals surface area contributed by atoms with Crippen molar-refractivity contribution >= 4 is 23.5 Å². The van der Waals surface area contributed by atoms with Crippen molar-refractivity contribution in [3.05, 3.63) is 53.2 Å². The molecule has 2 saturated carbocycles. The lowest BCUT2D eigenvalue weighted by atomic mass is 10.1. The van der Waals surface area contributed by atoms with Crippen molar-refractivity contribution < 1.29 is 14.3 Å². The first-order chi connectivity index (χ1) is 15.1. The molecule has 7 heteroatoms. The second-order valence-electron chi connectivity index (χ2n) is 8.70. The zero-order valence-corrected chi connectivity index (χ0v) is 17.8. The molecule has 1 aliphatic heterocycles. The third-order valence-corrected chi connectivity index (χ3v) is 6.41. The fourth-order valence-corrected chi connectivity index (χ4v) is 4.26. The van der Waals surface area contributed by atoms with Crippen molar-refractivity contribution in [2.45, 2.75) is 37.5 Å². The number of hydrogen-bond donors (Lipinski definition) is 1. The lowest BCUT2D eigenvalue weighted by Gasteiger charge is -2.36. The Kier molecular flexibility index (Phi) is 5.26. The molecule has 0 unspecified atom stereocenters. The van der Waals surface area contributed by atoms with Crippen LogP contribution in [0.3, 0.4) is 0 Å². The molecular formula is C24H28N4O3. The van der Waals surface area contributed by atoms with E-state index >= 15 is 0 Å². The van der Waals surface area contributed by atoms with Crippen LogP contribution in [0.4, 0.5) is 16.3 Å². The summed E-state index contributed by atoms with van der Waals surface area (Å²) in [6, 6.07) is 9.31. The first kappa shape index (κ1) is 19.8. The Morgan fingerprint density at radius 3 is 2.29 bits per heavy atom. The van der Waals surface area contributed by atoms with Crippen LogP contribution in [-0.4, -0.2) is 55.2 Å². The van der Waals surface area contributed by atoms with E-state index in [9.17, 15) is 9.59 Å². The predicted octanol–water partition coefficient (Wildman–Crippen LogP) is 3.98. The first-order valence-electron chi connectivity index (χ1n) is 11.1. The lowest BCUT2D eigenvalue weighted by Crippen LogP contribution is -2.49. The van der Waals surface area contributed by atoms with Gasteiger partial charge in [0.1, 0.15) is 5.82 Å². The van der Waals surface area contributed by atoms with E-state index in [1.807, 2.05) is 4.90 Å². The third-order valence-electron chi connectivity index (χ3n) is 6.41. The van der Waals surface area contributed by atoms with Crippen molar-refractivity contribution in [2.24, 2.45) is 0 Å². The minimum absolute atomic E-state index is 0.0173. The number of benzene rings is 1. The molecule has 0 atom stereocenters. The number of carbonyl (C=O) groups excluding carboxylic acids is 2. The van der Waals surface area contributed by atoms with E-state index in [-0.39, 0.29) is 5.91 Å². The molecule has 3 aliphatic rings. The van der Waals surface area contributed by atoms with Crippen LogP contribution in [0, 0.1) is 0 Å². The molecule has 2 aliphatic carbocycles. The topological polar surface area (TPSA) is 74.8 Å². The van der Waals surface area contributed by atoms with E-state index < -0.39 is 6.09 Å². The molecule has 1 saturated heterocycles. The lowest BCUT2D eigenvalue weighted by molar-refractivity contribution is 0.0746. The molecule has 2 amide bonds. The molecule has 2 heterocycles. The van der Waals surface area contributed by atoms with Crippen molar-refractivity contribution in [3.8, 4) is 0 Å². The van der Waals surface area contributed by atoms with E-state index in [4.69, 9.17) is 4.98 Å². The number of methoxy groups -OCH3 is 1. The maximum atomic E-state index is 12.9. The van der Waals surface area contributed by atoms with E-state index in [1.165, 1.54) is 43.9 Å². The summed E-state index contributed by atoms with van der Waals surface area (Å²) in [6.07, 6.45) is 6.67. The summed E-state index contributed by atoms with van der Waals surface area (Å²) < 4.78 is 4.59. The maximum Gasteiger partial charge on any atom is 0.411 e. The monoisotopic (exact) mass is 420 g/mol. The maximum absolute atomic E-state index is 12.9. The van der Waals surface area contributed by atoms with Crippen molar-refractivity contribution in [1.82, 2.24) is 9.88 Å². The summed E-state index contributed by atoms with van der Waals surface area (Å²) in [5, 5.41) is 2.60. The van der Waals surface area contributed by atoms with Gasteiger partial charge in [-0.25, -0.2) is 9.78 Å². The number of amides is 2. The number of anilines is 2. The summed E-state index contributed by atoms with van der Waals surface area (Å²) >= 11 is 0. The number of ether oxygens (including phenoxy) is 1. The van der Waals surface area contributed by atoms with Crippen LogP contribution >= 0.6 is 0 Å². The summed E-state index contributed by atoms with van der Waals surface area (Å²) in [4.78, 5) is 33.3. The molecule has 7 nitrogen and oxygen atoms in total. The molecule has 2 aromatic rings. The Hall–Kier alpha value is -3.09. The number of nitrogens with zero attached hydrogens (tertiary/aromatic N) is 3. The zero-order chi connectivity index (χ0) is 21.4. The van der Waals surface area contributed by atoms with Crippen LogP contribution in [0.25, 0.3) is 0 Å². The molecule has 3 fully saturated rings. The van der Waals surface area contributed by atoms with Gasteiger partial charge in [0.25, 0.3) is 5.91 Å². The van der Waals surface area contributed by atoms with Gasteiger partial charge in [-0.05, 0) is 72.9 Å². The summed E-state index contributed by atoms with van der Waals surface area (Å²) in [5.74, 6) is 2.53. The van der Waals surface area contributed by atoms with Crippen LogP contribution in [-0.2, 0) is 4.74 Å². The number of rotatable bonds is 5. The molecule has 31 heavy (non-hydrogen) atoms. The van der Waals surface area contributed by atoms with Gasteiger partial charge >= 0.3 is 6.09 Å². The Morgan fingerprint density at radius 1 is 1.00 bits per heavy atom. The number of nitrogens with one attached hydrogen (secondary N) is 1. The van der Waals surface area contributed by atoms with Crippen LogP contribution in [0.1, 0.15) is 59.0 Å². The SMILES string of the molecule is COC(=O)Nc1ccc(C(=O)N2CCN(c3ncc(C4CC4)cc3C3CC3)CC2)cc1. The standard InChI is InChI=1S/C24H28N4O3/c1-31-24(30)26-20-8-6-18(7-9-20)23(29)28-12-10-27(11-13-28)22-21(17-4-5-17)14-19(15-25-22)16-2-3-16/h6-9,14-17H,2-5,10-13H2,1H3,(H,26,30). The molecule has 1 aromatic carbocycles. The Bertz CT molecular complexity index is 975. The minimum atomic E-state index is -0.528. The Morgan fingerprint density at radius 2 is 1.68 bits per heavy atom. The number of carbonyl (C=O) groups is 2. The second kappa shape index (κ2) is 8.21. The molecule has 1 N–H and O–H groups in total. The Labute approximate surface area is 182 Å². The van der Waals surface area contributed by atoms with E-state index in [0.717, 1.165) is 24.8 Å². The van der Waals surface area contributed by atoms with Crippen molar-refractivity contribution in [3.63, 3.8) is 0 Å². The molecular weight excluding hydrogens is 392 g/mol. The Balaban J connectivity index is 1.22. The van der Waals surface area contributed by atoms with Gasteiger partial charge in [0.05, 0.1) is 7.11 Å². The fourth-order valence-electron chi connectivity index (χ4n) is 4.26. The smallest absolute Gasteiger partial charge is 0.411 e. The quantitative estimate of drug-likeness (QED) is 0.792. The van der Waals surface area contributed by atoms with Crippen molar-refractivity contribution in [2.75, 3.05) is 43.5 Å². The van der Waals surface area contributed by atoms with Crippen LogP contribution in [0.5, 0.6) is 0 Å². The molecule has 162 valence electrons. The van der Waals surface area contributed by atoms with Crippen LogP contribution < -0.4 is 10.2 Å². The first-order valence-corrected chi connectivity index (χ1v) is 11.1. The van der Waals surface area contributed by atoms with Gasteiger partial charge in [0, 0.05) is 43.6 Å². The van der Waals surface area contributed by atoms with Gasteiger partial charge in [-0.15, -0.1) is 0 Å². The van der Waals surface area contributed by atoms with E-state index in [0.29, 0.717) is 30.3 Å². The average Bonchev–Trinajstić information content (AvgIpc) is 3.72. The number of pyridine rings is 1. The fraction of sp³-hybridized carbons (Fsp3) is 0.458. The van der Waals surface area contributed by atoms with E-state index in [2.05, 4.69) is 27.2 Å². The molecule has 0 bridgehead atoms. The van der Waals surface area contributed by atoms with Gasteiger partial charge < -0.3 is 14.5 Å². The predicted molar refractivity (Wildman–Crippen MR) is 119 cm³/mol. The molecule has 5 rings (SSSR count). The van der Waals surface area contributed by atoms with Gasteiger partial charge in [-0.3, -0.25) is 10.1 Å². The third kappa shape index (κ3) is 4.36. The van der Waals surface area contributed by atoms with Gasteiger partial charge in [0.2, 0.25) is 0 Å². The minimum Gasteiger partial charge on any atom is -0.453 e. The van der Waals surface area contributed by atoms with Gasteiger partial charge in [-0.1, -0.05) is 6.07 Å². The average molecular weight is 421 g/mol. The molecule has 0 radical (unpaired) electrons. The summed E-state index contributed by atoms with van der Waals surface area (Å²) in [7, 11) is 1.32. The van der Waals surface area contributed by atoms with Crippen molar-refractivity contribution in [1.29, 1.82) is 0 Å². The highest BCUT2D eigenvalue weighted by Gasteiger charge is 2.33. The number of hydrogen-bond acceptors (Lipinski definition) is 5. The van der Waals surface area contributed by atoms with Crippen LogP contribution in [0.2, 0.25) is 0 Å². The molecule has 1 aromatic heterocycles. The highest BCUT2D eigenvalue weighted by atomic mass is 16.5. The highest BCUT2D eigenvalue weighted by Crippen LogP contribution is 2.47.